The van der Waals surface area contributed by atoms with E-state index in [-0.39, 0.29) is 23.2 Å². The lowest BCUT2D eigenvalue weighted by molar-refractivity contribution is 0.0526. The molecule has 0 aromatic carbocycles. The Morgan fingerprint density at radius 1 is 1.37 bits per heavy atom. The van der Waals surface area contributed by atoms with Crippen LogP contribution < -0.4 is 5.32 Å². The highest BCUT2D eigenvalue weighted by atomic mass is 32.2. The zero-order valence-electron chi connectivity index (χ0n) is 17.6. The molecule has 0 amide bonds. The summed E-state index contributed by atoms with van der Waals surface area (Å²) < 4.78 is 11.7. The minimum absolute atomic E-state index is 0.204. The van der Waals surface area contributed by atoms with E-state index >= 15 is 0 Å². The van der Waals surface area contributed by atoms with E-state index < -0.39 is 8.32 Å². The van der Waals surface area contributed by atoms with Gasteiger partial charge in [0.1, 0.15) is 11.4 Å². The molecule has 1 aliphatic carbocycles. The predicted octanol–water partition coefficient (Wildman–Crippen LogP) is 4.73. The van der Waals surface area contributed by atoms with E-state index in [1.807, 2.05) is 6.26 Å². The van der Waals surface area contributed by atoms with Crippen LogP contribution in [0, 0.1) is 0 Å². The van der Waals surface area contributed by atoms with Gasteiger partial charge in [-0.05, 0) is 50.6 Å². The number of nitrogens with one attached hydrogen (secondary N) is 1. The molecule has 1 aliphatic rings. The molecule has 1 N–H and O–H groups in total. The number of anilines is 1. The smallest absolute Gasteiger partial charge is 0.343 e. The summed E-state index contributed by atoms with van der Waals surface area (Å²) in [6.45, 7) is 13.5. The maximum atomic E-state index is 12.2. The molecule has 8 heteroatoms. The molecule has 0 spiro atoms. The van der Waals surface area contributed by atoms with Gasteiger partial charge in [-0.1, -0.05) is 32.5 Å². The van der Waals surface area contributed by atoms with Crippen molar-refractivity contribution in [3.05, 3.63) is 11.8 Å². The maximum Gasteiger partial charge on any atom is 0.343 e. The van der Waals surface area contributed by atoms with E-state index in [0.717, 1.165) is 19.3 Å². The molecule has 2 atom stereocenters. The van der Waals surface area contributed by atoms with E-state index in [1.54, 1.807) is 13.1 Å². The fourth-order valence-corrected chi connectivity index (χ4v) is 4.64. The molecule has 0 unspecified atom stereocenters. The second-order valence-corrected chi connectivity index (χ2v) is 14.0. The molecule has 1 aromatic heterocycles. The van der Waals surface area contributed by atoms with Crippen LogP contribution in [0.25, 0.3) is 0 Å². The van der Waals surface area contributed by atoms with Gasteiger partial charge in [0.05, 0.1) is 6.61 Å². The Bertz CT molecular complexity index is 664. The van der Waals surface area contributed by atoms with Crippen molar-refractivity contribution in [2.45, 2.75) is 82.4 Å². The Balaban J connectivity index is 2.08. The van der Waals surface area contributed by atoms with E-state index in [4.69, 9.17) is 9.16 Å². The Hall–Kier alpha value is -1.12. The van der Waals surface area contributed by atoms with E-state index in [2.05, 4.69) is 49.1 Å². The van der Waals surface area contributed by atoms with Gasteiger partial charge in [0.25, 0.3) is 0 Å². The van der Waals surface area contributed by atoms with Crippen LogP contribution in [-0.4, -0.2) is 49.3 Å². The van der Waals surface area contributed by atoms with Crippen molar-refractivity contribution in [3.63, 3.8) is 0 Å². The number of carbonyl (C=O) groups is 1. The summed E-state index contributed by atoms with van der Waals surface area (Å²) in [5.74, 6) is 0.172. The molecule has 2 rings (SSSR count). The number of nitrogens with zero attached hydrogens (tertiary/aromatic N) is 2. The van der Waals surface area contributed by atoms with Crippen molar-refractivity contribution in [1.82, 2.24) is 9.97 Å². The molecule has 1 heterocycles. The summed E-state index contributed by atoms with van der Waals surface area (Å²) >= 11 is 1.45. The molecule has 1 aromatic rings. The van der Waals surface area contributed by atoms with Crippen molar-refractivity contribution in [2.75, 3.05) is 18.2 Å². The minimum atomic E-state index is -1.78. The van der Waals surface area contributed by atoms with Gasteiger partial charge < -0.3 is 14.5 Å². The van der Waals surface area contributed by atoms with Crippen molar-refractivity contribution in [1.29, 1.82) is 0 Å². The topological polar surface area (TPSA) is 73.3 Å². The molecule has 0 radical (unpaired) electrons. The highest BCUT2D eigenvalue weighted by Crippen LogP contribution is 2.39. The van der Waals surface area contributed by atoms with Gasteiger partial charge in [-0.25, -0.2) is 14.8 Å². The Morgan fingerprint density at radius 2 is 2.07 bits per heavy atom. The van der Waals surface area contributed by atoms with Crippen LogP contribution in [0.3, 0.4) is 0 Å². The first-order chi connectivity index (χ1) is 12.6. The van der Waals surface area contributed by atoms with Crippen molar-refractivity contribution >= 4 is 31.9 Å². The number of hydrogen-bond acceptors (Lipinski definition) is 7. The summed E-state index contributed by atoms with van der Waals surface area (Å²) in [6.07, 6.45) is 6.68. The van der Waals surface area contributed by atoms with Gasteiger partial charge in [0.2, 0.25) is 0 Å². The highest BCUT2D eigenvalue weighted by molar-refractivity contribution is 7.98. The summed E-state index contributed by atoms with van der Waals surface area (Å²) in [5, 5.41) is 4.29. The van der Waals surface area contributed by atoms with Gasteiger partial charge in [0.15, 0.2) is 13.5 Å². The molecule has 27 heavy (non-hydrogen) atoms. The van der Waals surface area contributed by atoms with E-state index in [1.165, 1.54) is 11.8 Å². The number of hydrogen-bond donors (Lipinski definition) is 1. The lowest BCUT2D eigenvalue weighted by Gasteiger charge is -2.38. The standard InChI is InChI=1S/C19H33N3O3SSi/c1-8-24-17(23)15-12-20-18(26-5)22-16(15)21-13-9-10-14(11-13)25-27(6,7)19(2,3)4/h12-14H,8-11H2,1-7H3,(H,20,21,22)/t13-,14-/m0/s1. The first-order valence-electron chi connectivity index (χ1n) is 9.60. The van der Waals surface area contributed by atoms with Crippen LogP contribution in [-0.2, 0) is 9.16 Å². The zero-order chi connectivity index (χ0) is 20.2. The summed E-state index contributed by atoms with van der Waals surface area (Å²) in [7, 11) is -1.78. The zero-order valence-corrected chi connectivity index (χ0v) is 19.4. The van der Waals surface area contributed by atoms with E-state index in [0.29, 0.717) is 23.1 Å². The Morgan fingerprint density at radius 3 is 2.67 bits per heavy atom. The van der Waals surface area contributed by atoms with E-state index in [9.17, 15) is 4.79 Å². The molecule has 0 aliphatic heterocycles. The molecule has 0 saturated heterocycles. The maximum absolute atomic E-state index is 12.2. The van der Waals surface area contributed by atoms with Crippen LogP contribution in [0.4, 0.5) is 5.82 Å². The second kappa shape index (κ2) is 8.92. The minimum Gasteiger partial charge on any atom is -0.462 e. The summed E-state index contributed by atoms with van der Waals surface area (Å²) in [6, 6.07) is 0.234. The van der Waals surface area contributed by atoms with Crippen LogP contribution in [0.15, 0.2) is 11.4 Å². The van der Waals surface area contributed by atoms with Gasteiger partial charge >= 0.3 is 5.97 Å². The Kier molecular flexibility index (Phi) is 7.32. The van der Waals surface area contributed by atoms with Crippen molar-refractivity contribution in [2.24, 2.45) is 0 Å². The monoisotopic (exact) mass is 411 g/mol. The second-order valence-electron chi connectivity index (χ2n) is 8.49. The quantitative estimate of drug-likeness (QED) is 0.301. The largest absolute Gasteiger partial charge is 0.462 e. The molecule has 1 fully saturated rings. The van der Waals surface area contributed by atoms with Crippen molar-refractivity contribution in [3.8, 4) is 0 Å². The average Bonchev–Trinajstić information content (AvgIpc) is 3.00. The molecular formula is C19H33N3O3SSi. The lowest BCUT2D eigenvalue weighted by atomic mass is 10.2. The molecule has 152 valence electrons. The SMILES string of the molecule is CCOC(=O)c1cnc(SC)nc1N[C@H]1CC[C@H](O[Si](C)(C)C(C)(C)C)C1. The summed E-state index contributed by atoms with van der Waals surface area (Å²) in [4.78, 5) is 21.0. The average molecular weight is 412 g/mol. The van der Waals surface area contributed by atoms with Gasteiger partial charge in [-0.15, -0.1) is 0 Å². The number of ether oxygens (including phenoxy) is 1. The van der Waals surface area contributed by atoms with Gasteiger partial charge in [0, 0.05) is 18.3 Å². The fourth-order valence-electron chi connectivity index (χ4n) is 2.90. The molecule has 1 saturated carbocycles. The number of carbonyl (C=O) groups excluding carboxylic acids is 1. The number of esters is 1. The van der Waals surface area contributed by atoms with Gasteiger partial charge in [-0.2, -0.15) is 0 Å². The van der Waals surface area contributed by atoms with Crippen LogP contribution in [0.1, 0.15) is 57.3 Å². The fraction of sp³-hybridized carbons (Fsp3) is 0.737. The molecular weight excluding hydrogens is 378 g/mol. The summed E-state index contributed by atoms with van der Waals surface area (Å²) in [5.41, 5.74) is 0.392. The van der Waals surface area contributed by atoms with Crippen molar-refractivity contribution < 1.29 is 14.0 Å². The van der Waals surface area contributed by atoms with Crippen LogP contribution >= 0.6 is 11.8 Å². The first-order valence-corrected chi connectivity index (χ1v) is 13.7. The van der Waals surface area contributed by atoms with Crippen LogP contribution in [0.5, 0.6) is 0 Å². The Labute approximate surface area is 168 Å². The first kappa shape index (κ1) is 22.2. The lowest BCUT2D eigenvalue weighted by Crippen LogP contribution is -2.43. The third kappa shape index (κ3) is 5.68. The van der Waals surface area contributed by atoms with Crippen LogP contribution in [0.2, 0.25) is 18.1 Å². The molecule has 0 bridgehead atoms. The highest BCUT2D eigenvalue weighted by Gasteiger charge is 2.40. The third-order valence-corrected chi connectivity index (χ3v) is 10.5. The number of thioether (sulfide) groups is 1. The normalized spacial score (nSPS) is 20.6. The third-order valence-electron chi connectivity index (χ3n) is 5.44. The predicted molar refractivity (Wildman–Crippen MR) is 113 cm³/mol. The van der Waals surface area contributed by atoms with Gasteiger partial charge in [-0.3, -0.25) is 0 Å². The number of aromatic nitrogens is 2. The number of rotatable bonds is 7. The molecule has 6 nitrogen and oxygen atoms in total.